The summed E-state index contributed by atoms with van der Waals surface area (Å²) in [6.07, 6.45) is 0. The third-order valence-corrected chi connectivity index (χ3v) is 0. The van der Waals surface area contributed by atoms with Gasteiger partial charge in [-0.05, 0) is 0 Å². The quantitative estimate of drug-likeness (QED) is 0.378. The Morgan fingerprint density at radius 2 is 0.286 bits per heavy atom. The van der Waals surface area contributed by atoms with Crippen molar-refractivity contribution in [1.82, 2.24) is 0 Å². The van der Waals surface area contributed by atoms with Crippen molar-refractivity contribution >= 4 is 0 Å². The monoisotopic (exact) mass is 545 g/mol. The van der Waals surface area contributed by atoms with Crippen molar-refractivity contribution < 1.29 is 131 Å². The van der Waals surface area contributed by atoms with Gasteiger partial charge in [0, 0.05) is 131 Å². The van der Waals surface area contributed by atoms with Crippen molar-refractivity contribution in [1.29, 1.82) is 0 Å². The fourth-order valence-electron chi connectivity index (χ4n) is 0. The van der Waals surface area contributed by atoms with Crippen LogP contribution in [0.1, 0.15) is 0 Å². The minimum Gasteiger partial charge on any atom is 0 e. The van der Waals surface area contributed by atoms with Gasteiger partial charge in [-0.2, -0.15) is 0 Å². The summed E-state index contributed by atoms with van der Waals surface area (Å²) in [5, 5.41) is 0. The summed E-state index contributed by atoms with van der Waals surface area (Å²) in [6, 6.07) is 0. The second kappa shape index (κ2) is 49.4. The molecule has 0 fully saturated rings. The number of hydrogen-bond acceptors (Lipinski definition) is 0. The molecule has 0 saturated carbocycles. The van der Waals surface area contributed by atoms with Crippen LogP contribution in [0.15, 0.2) is 0 Å². The molecule has 0 amide bonds. The fraction of sp³-hybridized carbons (Fsp3) is 0. The van der Waals surface area contributed by atoms with E-state index in [2.05, 4.69) is 0 Å². The van der Waals surface area contributed by atoms with E-state index >= 15 is 0 Å². The maximum atomic E-state index is 0. The van der Waals surface area contributed by atoms with Gasteiger partial charge in [-0.15, -0.1) is 0 Å². The molecule has 0 aliphatic heterocycles. The molecule has 7 heavy (non-hydrogen) atoms. The summed E-state index contributed by atoms with van der Waals surface area (Å²) in [6.45, 7) is 0. The second-order valence-electron chi connectivity index (χ2n) is 0. The van der Waals surface area contributed by atoms with Gasteiger partial charge in [0.05, 0.1) is 0 Å². The zero-order valence-corrected chi connectivity index (χ0v) is 12.2. The van der Waals surface area contributed by atoms with Gasteiger partial charge < -0.3 is 0 Å². The van der Waals surface area contributed by atoms with Gasteiger partial charge in [-0.1, -0.05) is 0 Å². The Balaban J connectivity index is 0. The van der Waals surface area contributed by atoms with Crippen LogP contribution < -0.4 is 0 Å². The molecule has 0 aromatic carbocycles. The van der Waals surface area contributed by atoms with Crippen LogP contribution in [0.3, 0.4) is 0 Å². The molecule has 0 aromatic heterocycles. The van der Waals surface area contributed by atoms with Crippen molar-refractivity contribution in [2.24, 2.45) is 0 Å². The summed E-state index contributed by atoms with van der Waals surface area (Å²) < 4.78 is 0. The molecule has 0 N–H and O–H groups in total. The van der Waals surface area contributed by atoms with Crippen LogP contribution in [0.2, 0.25) is 0 Å². The molecule has 0 aliphatic rings. The Morgan fingerprint density at radius 3 is 0.286 bits per heavy atom. The number of rotatable bonds is 0. The first-order valence-corrected chi connectivity index (χ1v) is 0. The molecule has 0 spiro atoms. The van der Waals surface area contributed by atoms with Crippen molar-refractivity contribution in [3.63, 3.8) is 0 Å². The van der Waals surface area contributed by atoms with E-state index < -0.39 is 0 Å². The molecule has 0 bridgehead atoms. The van der Waals surface area contributed by atoms with Crippen LogP contribution in [0.4, 0.5) is 0 Å². The first kappa shape index (κ1) is 66.8. The smallest absolute Gasteiger partial charge is 0 e. The minimum absolute atomic E-state index is 0. The molecular formula is Cu4Mo3. The Bertz CT molecular complexity index is 6.90. The first-order chi connectivity index (χ1) is 0. The van der Waals surface area contributed by atoms with Gasteiger partial charge >= 0.3 is 0 Å². The average Bonchev–Trinajstić information content (AvgIpc) is 0. The van der Waals surface area contributed by atoms with Crippen molar-refractivity contribution in [3.8, 4) is 0 Å². The minimum atomic E-state index is 0. The van der Waals surface area contributed by atoms with Crippen molar-refractivity contribution in [2.45, 2.75) is 0 Å². The zero-order chi connectivity index (χ0) is 0. The molecule has 0 unspecified atom stereocenters. The summed E-state index contributed by atoms with van der Waals surface area (Å²) in [5.74, 6) is 0. The van der Waals surface area contributed by atoms with Gasteiger partial charge in [0.2, 0.25) is 0 Å². The normalized spacial score (nSPS) is 0. The number of hydrogen-bond donors (Lipinski definition) is 0. The summed E-state index contributed by atoms with van der Waals surface area (Å²) in [7, 11) is 0. The van der Waals surface area contributed by atoms with E-state index in [0.717, 1.165) is 0 Å². The molecule has 0 atom stereocenters. The van der Waals surface area contributed by atoms with Crippen LogP contribution >= 0.6 is 0 Å². The van der Waals surface area contributed by atoms with Crippen LogP contribution in [-0.4, -0.2) is 0 Å². The van der Waals surface area contributed by atoms with Crippen LogP contribution in [0.25, 0.3) is 0 Å². The topological polar surface area (TPSA) is 0 Å². The van der Waals surface area contributed by atoms with Gasteiger partial charge in [0.15, 0.2) is 0 Å². The van der Waals surface area contributed by atoms with E-state index in [-0.39, 0.29) is 131 Å². The van der Waals surface area contributed by atoms with E-state index in [1.54, 1.807) is 0 Å². The predicted octanol–water partition coefficient (Wildman–Crippen LogP) is -0.0175. The standard InChI is InChI=1S/4Cu.3Mo. The van der Waals surface area contributed by atoms with Gasteiger partial charge in [-0.25, -0.2) is 0 Å². The molecule has 0 heterocycles. The molecule has 0 nitrogen and oxygen atoms in total. The summed E-state index contributed by atoms with van der Waals surface area (Å²) in [4.78, 5) is 0. The Labute approximate surface area is 129 Å². The van der Waals surface area contributed by atoms with Crippen molar-refractivity contribution in [2.75, 3.05) is 0 Å². The summed E-state index contributed by atoms with van der Waals surface area (Å²) in [5.41, 5.74) is 0. The molecule has 0 aromatic rings. The largest absolute Gasteiger partial charge is 0 e. The molecule has 0 aliphatic carbocycles. The Morgan fingerprint density at radius 1 is 0.286 bits per heavy atom. The Kier molecular flexibility index (Phi) is 471. The predicted molar refractivity (Wildman–Crippen MR) is 0 cm³/mol. The van der Waals surface area contributed by atoms with Crippen LogP contribution in [0.5, 0.6) is 0 Å². The molecule has 0 saturated heterocycles. The molecule has 4 radical (unpaired) electrons. The molecule has 62 valence electrons. The fourth-order valence-corrected chi connectivity index (χ4v) is 0. The molecular weight excluding hydrogens is 542 g/mol. The molecule has 0 rings (SSSR count). The SMILES string of the molecule is [Cu].[Cu].[Cu].[Cu].[Mo].[Mo].[Mo]. The third-order valence-electron chi connectivity index (χ3n) is 0. The Hall–Kier alpha value is 4.14. The second-order valence-corrected chi connectivity index (χ2v) is 0. The zero-order valence-electron chi connectivity index (χ0n) is 2.43. The van der Waals surface area contributed by atoms with Gasteiger partial charge in [0.25, 0.3) is 0 Å². The average molecular weight is 542 g/mol. The van der Waals surface area contributed by atoms with Crippen LogP contribution in [-0.2, 0) is 131 Å². The van der Waals surface area contributed by atoms with Crippen molar-refractivity contribution in [3.05, 3.63) is 0 Å². The van der Waals surface area contributed by atoms with Gasteiger partial charge in [0.1, 0.15) is 0 Å². The third kappa shape index (κ3) is 39.2. The van der Waals surface area contributed by atoms with E-state index in [1.807, 2.05) is 0 Å². The van der Waals surface area contributed by atoms with Crippen LogP contribution in [0, 0.1) is 0 Å². The molecule has 7 heteroatoms. The van der Waals surface area contributed by atoms with Gasteiger partial charge in [-0.3, -0.25) is 0 Å². The first-order valence-electron chi connectivity index (χ1n) is 0. The maximum absolute atomic E-state index is 0. The maximum Gasteiger partial charge on any atom is 0 e. The summed E-state index contributed by atoms with van der Waals surface area (Å²) >= 11 is 0. The van der Waals surface area contributed by atoms with E-state index in [4.69, 9.17) is 0 Å². The van der Waals surface area contributed by atoms with E-state index in [1.165, 1.54) is 0 Å². The van der Waals surface area contributed by atoms with E-state index in [9.17, 15) is 0 Å². The van der Waals surface area contributed by atoms with E-state index in [0.29, 0.717) is 0 Å².